The van der Waals surface area contributed by atoms with Crippen LogP contribution in [0.5, 0.6) is 0 Å². The van der Waals surface area contributed by atoms with Gasteiger partial charge in [-0.1, -0.05) is 78.9 Å². The summed E-state index contributed by atoms with van der Waals surface area (Å²) in [6, 6.07) is 31.1. The molecule has 0 spiro atoms. The second kappa shape index (κ2) is 10.2. The van der Waals surface area contributed by atoms with Crippen LogP contribution < -0.4 is 5.32 Å². The second-order valence-electron chi connectivity index (χ2n) is 8.05. The molecule has 1 unspecified atom stereocenters. The van der Waals surface area contributed by atoms with Crippen LogP contribution in [0.4, 0.5) is 0 Å². The van der Waals surface area contributed by atoms with Crippen molar-refractivity contribution in [1.82, 2.24) is 10.2 Å². The molecule has 3 aromatic rings. The highest BCUT2D eigenvalue weighted by atomic mass is 16.1. The molecule has 0 radical (unpaired) electrons. The lowest BCUT2D eigenvalue weighted by atomic mass is 9.88. The van der Waals surface area contributed by atoms with Gasteiger partial charge in [0.25, 0.3) is 5.91 Å². The van der Waals surface area contributed by atoms with E-state index in [-0.39, 0.29) is 12.1 Å². The first-order chi connectivity index (χ1) is 14.8. The number of nitrogens with one attached hydrogen (secondary N) is 1. The van der Waals surface area contributed by atoms with Gasteiger partial charge >= 0.3 is 0 Å². The average Bonchev–Trinajstić information content (AvgIpc) is 2.82. The maximum absolute atomic E-state index is 12.7. The molecule has 3 aromatic carbocycles. The van der Waals surface area contributed by atoms with E-state index in [0.29, 0.717) is 5.92 Å². The Labute approximate surface area is 179 Å². The fraction of sp³-hybridized carbons (Fsp3) is 0.296. The summed E-state index contributed by atoms with van der Waals surface area (Å²) in [7, 11) is 0. The molecule has 1 N–H and O–H groups in total. The summed E-state index contributed by atoms with van der Waals surface area (Å²) in [4.78, 5) is 15.2. The Morgan fingerprint density at radius 3 is 2.00 bits per heavy atom. The third-order valence-corrected chi connectivity index (χ3v) is 6.06. The highest BCUT2D eigenvalue weighted by Gasteiger charge is 2.25. The van der Waals surface area contributed by atoms with Crippen LogP contribution in [0.3, 0.4) is 0 Å². The number of carbonyl (C=O) groups excluding carboxylic acids is 1. The fourth-order valence-corrected chi connectivity index (χ4v) is 4.44. The van der Waals surface area contributed by atoms with Crippen molar-refractivity contribution in [3.63, 3.8) is 0 Å². The maximum atomic E-state index is 12.7. The monoisotopic (exact) mass is 398 g/mol. The topological polar surface area (TPSA) is 32.3 Å². The van der Waals surface area contributed by atoms with E-state index in [9.17, 15) is 4.79 Å². The first-order valence-corrected chi connectivity index (χ1v) is 11.0. The van der Waals surface area contributed by atoms with E-state index in [0.717, 1.165) is 37.9 Å². The van der Waals surface area contributed by atoms with Crippen molar-refractivity contribution in [1.29, 1.82) is 0 Å². The summed E-state index contributed by atoms with van der Waals surface area (Å²) in [6.45, 7) is 2.00. The summed E-state index contributed by atoms with van der Waals surface area (Å²) < 4.78 is 0. The van der Waals surface area contributed by atoms with E-state index < -0.39 is 0 Å². The summed E-state index contributed by atoms with van der Waals surface area (Å²) in [5.74, 6) is 0.384. The molecule has 1 fully saturated rings. The molecule has 30 heavy (non-hydrogen) atoms. The number of benzene rings is 3. The first-order valence-electron chi connectivity index (χ1n) is 11.0. The van der Waals surface area contributed by atoms with E-state index >= 15 is 0 Å². The van der Waals surface area contributed by atoms with Crippen LogP contribution in [-0.2, 0) is 0 Å². The minimum absolute atomic E-state index is 0.0233. The summed E-state index contributed by atoms with van der Waals surface area (Å²) in [5, 5.41) is 3.28. The Kier molecular flexibility index (Phi) is 6.94. The van der Waals surface area contributed by atoms with Gasteiger partial charge in [0, 0.05) is 24.6 Å². The molecule has 4 rings (SSSR count). The highest BCUT2D eigenvalue weighted by molar-refractivity contribution is 5.94. The lowest BCUT2D eigenvalue weighted by Gasteiger charge is -2.37. The van der Waals surface area contributed by atoms with E-state index in [1.54, 1.807) is 0 Å². The van der Waals surface area contributed by atoms with Gasteiger partial charge < -0.3 is 5.32 Å². The summed E-state index contributed by atoms with van der Waals surface area (Å²) >= 11 is 0. The predicted octanol–water partition coefficient (Wildman–Crippen LogP) is 5.45. The number of rotatable bonds is 7. The van der Waals surface area contributed by atoms with Crippen molar-refractivity contribution in [2.75, 3.05) is 13.1 Å². The fourth-order valence-electron chi connectivity index (χ4n) is 4.44. The van der Waals surface area contributed by atoms with Crippen molar-refractivity contribution in [2.24, 2.45) is 0 Å². The standard InChI is InChI=1S/C27H30N2O/c30-27(24-16-8-3-9-17-24)28-26-18-10-11-20-29(26)21-19-25(22-12-4-1-5-13-22)23-14-6-2-7-15-23/h1-9,12-17,25-26H,10-11,18-21H2,(H,28,30). The molecule has 1 saturated heterocycles. The smallest absolute Gasteiger partial charge is 0.252 e. The van der Waals surface area contributed by atoms with Crippen molar-refractivity contribution in [3.05, 3.63) is 108 Å². The molecule has 0 bridgehead atoms. The first kappa shape index (κ1) is 20.4. The Morgan fingerprint density at radius 1 is 0.833 bits per heavy atom. The molecule has 1 heterocycles. The summed E-state index contributed by atoms with van der Waals surface area (Å²) in [5.41, 5.74) is 3.44. The van der Waals surface area contributed by atoms with Gasteiger partial charge in [-0.25, -0.2) is 0 Å². The molecule has 1 atom stereocenters. The predicted molar refractivity (Wildman–Crippen MR) is 122 cm³/mol. The van der Waals surface area contributed by atoms with E-state index in [2.05, 4.69) is 70.9 Å². The zero-order valence-corrected chi connectivity index (χ0v) is 17.4. The maximum Gasteiger partial charge on any atom is 0.252 e. The Balaban J connectivity index is 1.46. The van der Waals surface area contributed by atoms with E-state index in [1.807, 2.05) is 30.3 Å². The summed E-state index contributed by atoms with van der Waals surface area (Å²) in [6.07, 6.45) is 4.51. The molecule has 0 aliphatic carbocycles. The van der Waals surface area contributed by atoms with Crippen LogP contribution in [0.1, 0.15) is 53.1 Å². The minimum Gasteiger partial charge on any atom is -0.336 e. The largest absolute Gasteiger partial charge is 0.336 e. The Morgan fingerprint density at radius 2 is 1.40 bits per heavy atom. The van der Waals surface area contributed by atoms with Crippen molar-refractivity contribution in [2.45, 2.75) is 37.8 Å². The van der Waals surface area contributed by atoms with Gasteiger partial charge in [-0.15, -0.1) is 0 Å². The number of nitrogens with zero attached hydrogens (tertiary/aromatic N) is 1. The van der Waals surface area contributed by atoms with Gasteiger partial charge in [-0.3, -0.25) is 9.69 Å². The molecule has 3 nitrogen and oxygen atoms in total. The molecular weight excluding hydrogens is 368 g/mol. The minimum atomic E-state index is 0.0233. The average molecular weight is 399 g/mol. The van der Waals surface area contributed by atoms with Crippen molar-refractivity contribution < 1.29 is 4.79 Å². The Hall–Kier alpha value is -2.91. The van der Waals surface area contributed by atoms with E-state index in [1.165, 1.54) is 17.5 Å². The second-order valence-corrected chi connectivity index (χ2v) is 8.05. The van der Waals surface area contributed by atoms with Crippen molar-refractivity contribution in [3.8, 4) is 0 Å². The van der Waals surface area contributed by atoms with Crippen molar-refractivity contribution >= 4 is 5.91 Å². The third kappa shape index (κ3) is 5.17. The molecule has 1 aliphatic heterocycles. The van der Waals surface area contributed by atoms with Gasteiger partial charge in [0.05, 0.1) is 6.17 Å². The number of hydrogen-bond donors (Lipinski definition) is 1. The number of hydrogen-bond acceptors (Lipinski definition) is 2. The number of piperidine rings is 1. The van der Waals surface area contributed by atoms with Crippen LogP contribution >= 0.6 is 0 Å². The van der Waals surface area contributed by atoms with Crippen LogP contribution in [0, 0.1) is 0 Å². The van der Waals surface area contributed by atoms with Gasteiger partial charge in [-0.2, -0.15) is 0 Å². The van der Waals surface area contributed by atoms with Gasteiger partial charge in [0.1, 0.15) is 0 Å². The molecule has 1 aliphatic rings. The molecule has 1 amide bonds. The zero-order valence-electron chi connectivity index (χ0n) is 17.4. The normalized spacial score (nSPS) is 17.0. The lowest BCUT2D eigenvalue weighted by Crippen LogP contribution is -2.51. The number of likely N-dealkylation sites (tertiary alicyclic amines) is 1. The molecule has 154 valence electrons. The van der Waals surface area contributed by atoms with Crippen LogP contribution in [0.2, 0.25) is 0 Å². The lowest BCUT2D eigenvalue weighted by molar-refractivity contribution is 0.0768. The van der Waals surface area contributed by atoms with Crippen LogP contribution in [0.15, 0.2) is 91.0 Å². The molecule has 3 heteroatoms. The number of amides is 1. The molecular formula is C27H30N2O. The van der Waals surface area contributed by atoms with Gasteiger partial charge in [0.15, 0.2) is 0 Å². The van der Waals surface area contributed by atoms with Crippen LogP contribution in [0.25, 0.3) is 0 Å². The zero-order chi connectivity index (χ0) is 20.6. The van der Waals surface area contributed by atoms with Crippen LogP contribution in [-0.4, -0.2) is 30.1 Å². The highest BCUT2D eigenvalue weighted by Crippen LogP contribution is 2.29. The number of carbonyl (C=O) groups is 1. The quantitative estimate of drug-likeness (QED) is 0.574. The SMILES string of the molecule is O=C(NC1CCCCN1CCC(c1ccccc1)c1ccccc1)c1ccccc1. The van der Waals surface area contributed by atoms with Gasteiger partial charge in [0.2, 0.25) is 0 Å². The molecule has 0 saturated carbocycles. The third-order valence-electron chi connectivity index (χ3n) is 6.06. The Bertz CT molecular complexity index is 872. The van der Waals surface area contributed by atoms with E-state index in [4.69, 9.17) is 0 Å². The van der Waals surface area contributed by atoms with Gasteiger partial charge in [-0.05, 0) is 48.9 Å². The molecule has 0 aromatic heterocycles.